The third kappa shape index (κ3) is 3.39. The number of carbonyl (C=O) groups excluding carboxylic acids is 2. The number of benzene rings is 2. The Hall–Kier alpha value is -2.18. The highest BCUT2D eigenvalue weighted by Gasteiger charge is 2.32. The molecule has 0 aliphatic carbocycles. The maximum atomic E-state index is 12.5. The molecule has 6 heteroatoms. The monoisotopic (exact) mass is 446 g/mol. The summed E-state index contributed by atoms with van der Waals surface area (Å²) in [6.07, 6.45) is 0. The van der Waals surface area contributed by atoms with E-state index in [0.29, 0.717) is 0 Å². The SMILES string of the molecule is COC(=O)C(C(=O)OC)=S1c2ccccc2C(=C(C)C)c2cc(Br)ccc21. The summed E-state index contributed by atoms with van der Waals surface area (Å²) in [5, 5.41) is 0. The Morgan fingerprint density at radius 2 is 1.48 bits per heavy atom. The Morgan fingerprint density at radius 1 is 0.889 bits per heavy atom. The number of carbonyl (C=O) groups is 2. The molecule has 0 aromatic heterocycles. The Kier molecular flexibility index (Phi) is 5.67. The van der Waals surface area contributed by atoms with Crippen LogP contribution >= 0.6 is 26.4 Å². The number of allylic oxidation sites excluding steroid dienone is 1. The fourth-order valence-electron chi connectivity index (χ4n) is 3.18. The number of hydrogen-bond acceptors (Lipinski definition) is 4. The minimum Gasteiger partial charge on any atom is -0.465 e. The third-order valence-electron chi connectivity index (χ3n) is 4.25. The van der Waals surface area contributed by atoms with Crippen molar-refractivity contribution in [3.8, 4) is 0 Å². The van der Waals surface area contributed by atoms with Gasteiger partial charge in [0.15, 0.2) is 4.86 Å². The number of fused-ring (bicyclic) bond motifs is 2. The van der Waals surface area contributed by atoms with Gasteiger partial charge in [-0.05, 0) is 54.8 Å². The standard InChI is InChI=1S/C21H19BrO4S/c1-12(2)18-14-7-5-6-8-16(14)27(17-10-9-13(22)11-15(17)18)19(20(23)25-3)21(24)26-4/h5-11H,1-4H3. The van der Waals surface area contributed by atoms with Crippen LogP contribution in [0.25, 0.3) is 5.57 Å². The van der Waals surface area contributed by atoms with Crippen LogP contribution < -0.4 is 0 Å². The lowest BCUT2D eigenvalue weighted by Gasteiger charge is -2.28. The first-order valence-corrected chi connectivity index (χ1v) is 10.3. The number of ether oxygens (including phenoxy) is 2. The van der Waals surface area contributed by atoms with Gasteiger partial charge in [-0.3, -0.25) is 0 Å². The van der Waals surface area contributed by atoms with Crippen LogP contribution in [0.2, 0.25) is 0 Å². The highest BCUT2D eigenvalue weighted by Crippen LogP contribution is 2.52. The van der Waals surface area contributed by atoms with Crippen LogP contribution in [-0.2, 0) is 19.1 Å². The number of esters is 2. The fourth-order valence-corrected chi connectivity index (χ4v) is 5.91. The molecule has 1 aliphatic rings. The Bertz CT molecular complexity index is 999. The van der Waals surface area contributed by atoms with E-state index in [2.05, 4.69) is 29.8 Å². The molecule has 2 aromatic rings. The van der Waals surface area contributed by atoms with Gasteiger partial charge in [-0.2, -0.15) is 0 Å². The number of hydrogen-bond donors (Lipinski definition) is 0. The summed E-state index contributed by atoms with van der Waals surface area (Å²) >= 11 is 3.54. The molecule has 1 atom stereocenters. The van der Waals surface area contributed by atoms with E-state index in [-0.39, 0.29) is 4.86 Å². The average Bonchev–Trinajstić information content (AvgIpc) is 2.66. The lowest BCUT2D eigenvalue weighted by molar-refractivity contribution is -0.137. The molecule has 4 nitrogen and oxygen atoms in total. The molecule has 27 heavy (non-hydrogen) atoms. The first kappa shape index (κ1) is 19.6. The lowest BCUT2D eigenvalue weighted by atomic mass is 9.93. The molecule has 140 valence electrons. The van der Waals surface area contributed by atoms with Gasteiger partial charge >= 0.3 is 11.9 Å². The second-order valence-corrected chi connectivity index (χ2v) is 8.95. The van der Waals surface area contributed by atoms with Gasteiger partial charge in [0, 0.05) is 14.3 Å². The lowest BCUT2D eigenvalue weighted by Crippen LogP contribution is -2.27. The van der Waals surface area contributed by atoms with Crippen LogP contribution in [0.15, 0.2) is 62.3 Å². The maximum Gasteiger partial charge on any atom is 0.351 e. The van der Waals surface area contributed by atoms with Crippen molar-refractivity contribution in [2.45, 2.75) is 23.6 Å². The first-order valence-electron chi connectivity index (χ1n) is 8.25. The Labute approximate surface area is 169 Å². The van der Waals surface area contributed by atoms with Gasteiger partial charge in [0.25, 0.3) is 0 Å². The summed E-state index contributed by atoms with van der Waals surface area (Å²) in [6, 6.07) is 13.8. The van der Waals surface area contributed by atoms with Crippen molar-refractivity contribution in [2.24, 2.45) is 0 Å². The largest absolute Gasteiger partial charge is 0.465 e. The van der Waals surface area contributed by atoms with Crippen molar-refractivity contribution < 1.29 is 19.1 Å². The smallest absolute Gasteiger partial charge is 0.351 e. The highest BCUT2D eigenvalue weighted by molar-refractivity contribution is 9.10. The van der Waals surface area contributed by atoms with Crippen LogP contribution in [0.4, 0.5) is 0 Å². The van der Waals surface area contributed by atoms with Crippen molar-refractivity contribution >= 4 is 48.8 Å². The molecule has 1 heterocycles. The fraction of sp³-hybridized carbons (Fsp3) is 0.190. The van der Waals surface area contributed by atoms with Gasteiger partial charge in [-0.1, -0.05) is 39.7 Å². The third-order valence-corrected chi connectivity index (χ3v) is 7.08. The summed E-state index contributed by atoms with van der Waals surface area (Å²) in [4.78, 5) is 26.9. The molecule has 0 saturated heterocycles. The van der Waals surface area contributed by atoms with Gasteiger partial charge in [0.1, 0.15) is 0 Å². The van der Waals surface area contributed by atoms with Gasteiger partial charge in [0.05, 0.1) is 14.2 Å². The summed E-state index contributed by atoms with van der Waals surface area (Å²) < 4.78 is 10.8. The quantitative estimate of drug-likeness (QED) is 0.322. The van der Waals surface area contributed by atoms with Crippen LogP contribution in [0.1, 0.15) is 25.0 Å². The van der Waals surface area contributed by atoms with Crippen molar-refractivity contribution in [2.75, 3.05) is 14.2 Å². The van der Waals surface area contributed by atoms with E-state index in [9.17, 15) is 9.59 Å². The van der Waals surface area contributed by atoms with E-state index in [0.717, 1.165) is 36.5 Å². The van der Waals surface area contributed by atoms with Crippen molar-refractivity contribution in [3.05, 3.63) is 63.6 Å². The van der Waals surface area contributed by atoms with E-state index in [1.807, 2.05) is 42.5 Å². The van der Waals surface area contributed by atoms with Crippen LogP contribution in [-0.4, -0.2) is 31.0 Å². The predicted octanol–water partition coefficient (Wildman–Crippen LogP) is 4.81. The zero-order chi connectivity index (χ0) is 19.7. The van der Waals surface area contributed by atoms with Crippen LogP contribution in [0.5, 0.6) is 0 Å². The number of methoxy groups -OCH3 is 2. The van der Waals surface area contributed by atoms with Crippen molar-refractivity contribution in [1.29, 1.82) is 0 Å². The molecular weight excluding hydrogens is 428 g/mol. The maximum absolute atomic E-state index is 12.5. The predicted molar refractivity (Wildman–Crippen MR) is 111 cm³/mol. The van der Waals surface area contributed by atoms with Gasteiger partial charge < -0.3 is 9.47 Å². The second-order valence-electron chi connectivity index (χ2n) is 6.13. The van der Waals surface area contributed by atoms with Gasteiger partial charge in [0.2, 0.25) is 0 Å². The van der Waals surface area contributed by atoms with E-state index in [1.54, 1.807) is 0 Å². The van der Waals surface area contributed by atoms with Crippen LogP contribution in [0, 0.1) is 0 Å². The molecule has 0 radical (unpaired) electrons. The van der Waals surface area contributed by atoms with Gasteiger partial charge in [-0.25, -0.2) is 9.59 Å². The van der Waals surface area contributed by atoms with Gasteiger partial charge in [-0.15, -0.1) is 10.5 Å². The Balaban J connectivity index is 2.53. The molecule has 2 aromatic carbocycles. The zero-order valence-electron chi connectivity index (χ0n) is 15.5. The molecular formula is C21H19BrO4S. The molecule has 0 bridgehead atoms. The van der Waals surface area contributed by atoms with Crippen LogP contribution in [0.3, 0.4) is 0 Å². The normalized spacial score (nSPS) is 14.7. The molecule has 0 spiro atoms. The molecule has 1 unspecified atom stereocenters. The topological polar surface area (TPSA) is 52.6 Å². The van der Waals surface area contributed by atoms with E-state index in [1.165, 1.54) is 14.2 Å². The highest BCUT2D eigenvalue weighted by atomic mass is 79.9. The van der Waals surface area contributed by atoms with Crippen molar-refractivity contribution in [1.82, 2.24) is 0 Å². The first-order chi connectivity index (χ1) is 12.9. The molecule has 3 rings (SSSR count). The zero-order valence-corrected chi connectivity index (χ0v) is 17.9. The Morgan fingerprint density at radius 3 is 2.07 bits per heavy atom. The number of rotatable bonds is 2. The van der Waals surface area contributed by atoms with E-state index >= 15 is 0 Å². The molecule has 1 aliphatic heterocycles. The average molecular weight is 447 g/mol. The van der Waals surface area contributed by atoms with E-state index in [4.69, 9.17) is 9.47 Å². The number of halogens is 1. The minimum atomic E-state index is -0.925. The summed E-state index contributed by atoms with van der Waals surface area (Å²) in [5.74, 6) is -1.34. The van der Waals surface area contributed by atoms with Crippen molar-refractivity contribution in [3.63, 3.8) is 0 Å². The minimum absolute atomic E-state index is 0.00354. The molecule has 0 amide bonds. The summed E-state index contributed by atoms with van der Waals surface area (Å²) in [5.41, 5.74) is 4.27. The summed E-state index contributed by atoms with van der Waals surface area (Å²) in [7, 11) is 1.62. The van der Waals surface area contributed by atoms with E-state index < -0.39 is 22.4 Å². The molecule has 0 N–H and O–H groups in total. The summed E-state index contributed by atoms with van der Waals surface area (Å²) in [6.45, 7) is 4.12. The molecule has 0 saturated carbocycles. The second kappa shape index (κ2) is 7.82. The molecule has 0 fully saturated rings.